The molecule has 1 fully saturated rings. The van der Waals surface area contributed by atoms with E-state index >= 15 is 0 Å². The Morgan fingerprint density at radius 3 is 2.20 bits per heavy atom. The van der Waals surface area contributed by atoms with Crippen molar-refractivity contribution in [3.05, 3.63) is 70.5 Å². The van der Waals surface area contributed by atoms with Crippen LogP contribution in [0.1, 0.15) is 17.0 Å². The zero-order valence-electron chi connectivity index (χ0n) is 17.3. The van der Waals surface area contributed by atoms with Crippen molar-refractivity contribution in [3.8, 4) is 5.69 Å². The van der Waals surface area contributed by atoms with Crippen LogP contribution in [0.2, 0.25) is 5.02 Å². The van der Waals surface area contributed by atoms with Crippen molar-refractivity contribution in [3.63, 3.8) is 0 Å². The lowest BCUT2D eigenvalue weighted by atomic mass is 10.2. The lowest BCUT2D eigenvalue weighted by Gasteiger charge is -2.35. The first kappa shape index (κ1) is 20.9. The summed E-state index contributed by atoms with van der Waals surface area (Å²) in [6.45, 7) is 7.66. The van der Waals surface area contributed by atoms with Gasteiger partial charge in [-0.25, -0.2) is 13.1 Å². The average Bonchev–Trinajstić information content (AvgIpc) is 3.03. The van der Waals surface area contributed by atoms with Gasteiger partial charge >= 0.3 is 0 Å². The maximum Gasteiger partial charge on any atom is 0.246 e. The van der Waals surface area contributed by atoms with Gasteiger partial charge in [-0.1, -0.05) is 35.4 Å². The van der Waals surface area contributed by atoms with Gasteiger partial charge in [0.15, 0.2) is 0 Å². The third-order valence-electron chi connectivity index (χ3n) is 5.51. The number of hydrogen-bond donors (Lipinski definition) is 0. The smallest absolute Gasteiger partial charge is 0.246 e. The summed E-state index contributed by atoms with van der Waals surface area (Å²) in [5.41, 5.74) is 4.16. The third-order valence-corrected chi connectivity index (χ3v) is 7.90. The van der Waals surface area contributed by atoms with E-state index < -0.39 is 10.0 Å². The Kier molecular flexibility index (Phi) is 5.61. The number of sulfonamides is 1. The van der Waals surface area contributed by atoms with Crippen molar-refractivity contribution in [2.75, 3.05) is 31.1 Å². The van der Waals surface area contributed by atoms with E-state index in [1.54, 1.807) is 15.9 Å². The molecule has 0 atom stereocenters. The van der Waals surface area contributed by atoms with Crippen LogP contribution in [0.5, 0.6) is 0 Å². The summed E-state index contributed by atoms with van der Waals surface area (Å²) in [4.78, 5) is 2.46. The molecule has 158 valence electrons. The molecule has 0 amide bonds. The highest BCUT2D eigenvalue weighted by atomic mass is 35.5. The minimum Gasteiger partial charge on any atom is -0.369 e. The van der Waals surface area contributed by atoms with Crippen molar-refractivity contribution in [1.82, 2.24) is 14.1 Å². The SMILES string of the molecule is Cc1ccc(-n2nc(C)c(S(=O)(=O)N3CCN(c4cccc(Cl)c4)CC3)c2C)cc1. The second-order valence-electron chi connectivity index (χ2n) is 7.62. The molecule has 0 saturated carbocycles. The van der Waals surface area contributed by atoms with E-state index in [9.17, 15) is 8.42 Å². The monoisotopic (exact) mass is 444 g/mol. The number of aryl methyl sites for hydroxylation is 2. The molecule has 1 aliphatic rings. The summed E-state index contributed by atoms with van der Waals surface area (Å²) in [7, 11) is -3.64. The number of anilines is 1. The minimum absolute atomic E-state index is 0.305. The fourth-order valence-electron chi connectivity index (χ4n) is 3.93. The number of aromatic nitrogens is 2. The Morgan fingerprint density at radius 2 is 1.57 bits per heavy atom. The van der Waals surface area contributed by atoms with E-state index in [1.807, 2.05) is 62.4 Å². The summed E-state index contributed by atoms with van der Waals surface area (Å²) in [5, 5.41) is 5.21. The number of benzene rings is 2. The molecule has 30 heavy (non-hydrogen) atoms. The molecular formula is C22H25ClN4O2S. The maximum absolute atomic E-state index is 13.5. The molecule has 2 heterocycles. The zero-order valence-corrected chi connectivity index (χ0v) is 18.9. The summed E-state index contributed by atoms with van der Waals surface area (Å²) < 4.78 is 30.2. The van der Waals surface area contributed by atoms with Crippen LogP contribution in [-0.4, -0.2) is 48.7 Å². The molecule has 8 heteroatoms. The lowest BCUT2D eigenvalue weighted by Crippen LogP contribution is -2.48. The number of rotatable bonds is 4. The minimum atomic E-state index is -3.64. The summed E-state index contributed by atoms with van der Waals surface area (Å²) in [6, 6.07) is 15.5. The number of piperazine rings is 1. The molecule has 4 rings (SSSR count). The van der Waals surface area contributed by atoms with Gasteiger partial charge in [-0.3, -0.25) is 0 Å². The quantitative estimate of drug-likeness (QED) is 0.611. The lowest BCUT2D eigenvalue weighted by molar-refractivity contribution is 0.384. The predicted octanol–water partition coefficient (Wildman–Crippen LogP) is 3.96. The van der Waals surface area contributed by atoms with Crippen LogP contribution in [0, 0.1) is 20.8 Å². The third kappa shape index (κ3) is 3.85. The molecule has 0 unspecified atom stereocenters. The first-order chi connectivity index (χ1) is 14.3. The Hall–Kier alpha value is -2.35. The summed E-state index contributed by atoms with van der Waals surface area (Å²) >= 11 is 6.10. The Morgan fingerprint density at radius 1 is 0.900 bits per heavy atom. The zero-order chi connectivity index (χ0) is 21.5. The van der Waals surface area contributed by atoms with Gasteiger partial charge in [0.1, 0.15) is 4.90 Å². The summed E-state index contributed by atoms with van der Waals surface area (Å²) in [5.74, 6) is 0. The maximum atomic E-state index is 13.5. The van der Waals surface area contributed by atoms with Gasteiger partial charge in [0.05, 0.1) is 17.1 Å². The first-order valence-electron chi connectivity index (χ1n) is 9.91. The van der Waals surface area contributed by atoms with Crippen molar-refractivity contribution in [2.24, 2.45) is 0 Å². The normalized spacial score (nSPS) is 15.5. The van der Waals surface area contributed by atoms with Crippen molar-refractivity contribution < 1.29 is 8.42 Å². The molecule has 0 N–H and O–H groups in total. The van der Waals surface area contributed by atoms with Crippen LogP contribution in [-0.2, 0) is 10.0 Å². The molecule has 2 aromatic carbocycles. The molecule has 0 radical (unpaired) electrons. The Bertz CT molecular complexity index is 1160. The Labute approximate surface area is 182 Å². The van der Waals surface area contributed by atoms with Gasteiger partial charge in [-0.15, -0.1) is 0 Å². The standard InChI is InChI=1S/C22H25ClN4O2S/c1-16-7-9-20(10-8-16)27-18(3)22(17(2)24-27)30(28,29)26-13-11-25(12-14-26)21-6-4-5-19(23)15-21/h4-10,15H,11-14H2,1-3H3. The van der Waals surface area contributed by atoms with Gasteiger partial charge in [0.2, 0.25) is 10.0 Å². The molecule has 3 aromatic rings. The van der Waals surface area contributed by atoms with Crippen LogP contribution in [0.4, 0.5) is 5.69 Å². The molecule has 1 aromatic heterocycles. The molecule has 1 saturated heterocycles. The van der Waals surface area contributed by atoms with Crippen molar-refractivity contribution in [2.45, 2.75) is 25.7 Å². The van der Waals surface area contributed by atoms with E-state index in [1.165, 1.54) is 0 Å². The topological polar surface area (TPSA) is 58.4 Å². The van der Waals surface area contributed by atoms with Crippen LogP contribution in [0.25, 0.3) is 5.69 Å². The molecule has 0 aliphatic carbocycles. The van der Waals surface area contributed by atoms with E-state index in [0.717, 1.165) is 16.9 Å². The van der Waals surface area contributed by atoms with Gasteiger partial charge in [-0.2, -0.15) is 9.40 Å². The van der Waals surface area contributed by atoms with Crippen LogP contribution in [0.15, 0.2) is 53.4 Å². The second kappa shape index (κ2) is 8.06. The van der Waals surface area contributed by atoms with Gasteiger partial charge in [-0.05, 0) is 51.1 Å². The largest absolute Gasteiger partial charge is 0.369 e. The fourth-order valence-corrected chi connectivity index (χ4v) is 5.89. The van der Waals surface area contributed by atoms with Gasteiger partial charge in [0, 0.05) is 36.9 Å². The first-order valence-corrected chi connectivity index (χ1v) is 11.7. The van der Waals surface area contributed by atoms with Crippen LogP contribution in [0.3, 0.4) is 0 Å². The second-order valence-corrected chi connectivity index (χ2v) is 9.93. The number of halogens is 1. The molecule has 0 bridgehead atoms. The molecule has 1 aliphatic heterocycles. The van der Waals surface area contributed by atoms with Crippen molar-refractivity contribution in [1.29, 1.82) is 0 Å². The molecule has 0 spiro atoms. The van der Waals surface area contributed by atoms with E-state index in [-0.39, 0.29) is 0 Å². The van der Waals surface area contributed by atoms with Crippen LogP contribution >= 0.6 is 11.6 Å². The van der Waals surface area contributed by atoms with Gasteiger partial charge < -0.3 is 4.90 Å². The van der Waals surface area contributed by atoms with Crippen LogP contribution < -0.4 is 4.90 Å². The van der Waals surface area contributed by atoms with E-state index in [4.69, 9.17) is 11.6 Å². The highest BCUT2D eigenvalue weighted by Gasteiger charge is 2.33. The van der Waals surface area contributed by atoms with Gasteiger partial charge in [0.25, 0.3) is 0 Å². The molecule has 6 nitrogen and oxygen atoms in total. The van der Waals surface area contributed by atoms with E-state index in [2.05, 4.69) is 10.00 Å². The Balaban J connectivity index is 1.58. The van der Waals surface area contributed by atoms with E-state index in [0.29, 0.717) is 47.5 Å². The summed E-state index contributed by atoms with van der Waals surface area (Å²) in [6.07, 6.45) is 0. The highest BCUT2D eigenvalue weighted by Crippen LogP contribution is 2.28. The van der Waals surface area contributed by atoms with Crippen molar-refractivity contribution >= 4 is 27.3 Å². The molecular weight excluding hydrogens is 420 g/mol. The number of hydrogen-bond acceptors (Lipinski definition) is 4. The number of nitrogens with zero attached hydrogens (tertiary/aromatic N) is 4. The average molecular weight is 445 g/mol. The highest BCUT2D eigenvalue weighted by molar-refractivity contribution is 7.89. The predicted molar refractivity (Wildman–Crippen MR) is 120 cm³/mol. The fraction of sp³-hybridized carbons (Fsp3) is 0.318.